The number of rotatable bonds is 4. The third-order valence-electron chi connectivity index (χ3n) is 4.22. The SMILES string of the molecule is O=C(Cn1c(O)c(C=C2C=Nc3ccc(Br)cc32)sc1=O)Nc1ccc(Br)cc1. The number of amides is 1. The van der Waals surface area contributed by atoms with Gasteiger partial charge in [0.05, 0.1) is 10.6 Å². The molecule has 0 fully saturated rings. The number of hydrogen-bond donors (Lipinski definition) is 2. The Kier molecular flexibility index (Phi) is 5.53. The van der Waals surface area contributed by atoms with Crippen molar-refractivity contribution in [2.45, 2.75) is 6.54 Å². The van der Waals surface area contributed by atoms with Gasteiger partial charge in [-0.2, -0.15) is 0 Å². The number of allylic oxidation sites excluding steroid dienone is 1. The lowest BCUT2D eigenvalue weighted by Crippen LogP contribution is -2.24. The number of aliphatic imine (C=N–C) groups is 1. The lowest BCUT2D eigenvalue weighted by atomic mass is 10.1. The van der Waals surface area contributed by atoms with E-state index in [0.29, 0.717) is 10.6 Å². The smallest absolute Gasteiger partial charge is 0.311 e. The van der Waals surface area contributed by atoms with Crippen molar-refractivity contribution in [1.82, 2.24) is 4.57 Å². The molecule has 0 spiro atoms. The number of anilines is 1. The molecular formula is C20H13Br2N3O3S. The summed E-state index contributed by atoms with van der Waals surface area (Å²) in [7, 11) is 0. The van der Waals surface area contributed by atoms with Gasteiger partial charge >= 0.3 is 4.87 Å². The van der Waals surface area contributed by atoms with Crippen LogP contribution in [0.2, 0.25) is 0 Å². The normalized spacial score (nSPS) is 13.7. The summed E-state index contributed by atoms with van der Waals surface area (Å²) >= 11 is 7.64. The van der Waals surface area contributed by atoms with Gasteiger partial charge in [-0.3, -0.25) is 19.1 Å². The highest BCUT2D eigenvalue weighted by Gasteiger charge is 2.18. The summed E-state index contributed by atoms with van der Waals surface area (Å²) in [6.07, 6.45) is 3.39. The Morgan fingerprint density at radius 3 is 2.66 bits per heavy atom. The van der Waals surface area contributed by atoms with E-state index < -0.39 is 10.8 Å². The minimum absolute atomic E-state index is 0.240. The molecule has 2 aromatic carbocycles. The van der Waals surface area contributed by atoms with Gasteiger partial charge in [-0.1, -0.05) is 43.2 Å². The first-order valence-electron chi connectivity index (χ1n) is 8.44. The van der Waals surface area contributed by atoms with Crippen LogP contribution in [-0.2, 0) is 11.3 Å². The van der Waals surface area contributed by atoms with Crippen molar-refractivity contribution in [1.29, 1.82) is 0 Å². The summed E-state index contributed by atoms with van der Waals surface area (Å²) in [5.74, 6) is -0.645. The van der Waals surface area contributed by atoms with Gasteiger partial charge in [0.15, 0.2) is 0 Å². The maximum atomic E-state index is 12.3. The maximum absolute atomic E-state index is 12.3. The molecule has 2 N–H and O–H groups in total. The molecule has 0 bridgehead atoms. The van der Waals surface area contributed by atoms with Crippen molar-refractivity contribution in [2.75, 3.05) is 5.32 Å². The van der Waals surface area contributed by atoms with E-state index in [1.807, 2.05) is 18.2 Å². The van der Waals surface area contributed by atoms with Crippen LogP contribution < -0.4 is 10.2 Å². The highest BCUT2D eigenvalue weighted by molar-refractivity contribution is 9.10. The number of aromatic nitrogens is 1. The van der Waals surface area contributed by atoms with Crippen molar-refractivity contribution in [2.24, 2.45) is 4.99 Å². The largest absolute Gasteiger partial charge is 0.493 e. The average Bonchev–Trinajstić information content (AvgIpc) is 3.19. The Labute approximate surface area is 186 Å². The zero-order valence-corrected chi connectivity index (χ0v) is 18.7. The van der Waals surface area contributed by atoms with E-state index in [9.17, 15) is 14.7 Å². The molecule has 0 radical (unpaired) electrons. The molecule has 1 amide bonds. The van der Waals surface area contributed by atoms with Crippen LogP contribution >= 0.6 is 43.2 Å². The second-order valence-electron chi connectivity index (χ2n) is 6.22. The van der Waals surface area contributed by atoms with Crippen LogP contribution in [0.15, 0.2) is 61.2 Å². The number of thiazole rings is 1. The summed E-state index contributed by atoms with van der Waals surface area (Å²) in [4.78, 5) is 28.9. The van der Waals surface area contributed by atoms with Crippen molar-refractivity contribution < 1.29 is 9.90 Å². The van der Waals surface area contributed by atoms with E-state index in [4.69, 9.17) is 0 Å². The molecule has 0 saturated carbocycles. The number of halogens is 2. The first-order valence-corrected chi connectivity index (χ1v) is 10.8. The van der Waals surface area contributed by atoms with E-state index in [-0.39, 0.29) is 12.4 Å². The van der Waals surface area contributed by atoms with Gasteiger partial charge in [-0.05, 0) is 48.5 Å². The summed E-state index contributed by atoms with van der Waals surface area (Å²) in [6.45, 7) is -0.281. The predicted octanol–water partition coefficient (Wildman–Crippen LogP) is 5.04. The lowest BCUT2D eigenvalue weighted by Gasteiger charge is -2.06. The van der Waals surface area contributed by atoms with Gasteiger partial charge in [0.2, 0.25) is 11.8 Å². The molecule has 1 aromatic heterocycles. The summed E-state index contributed by atoms with van der Waals surface area (Å²) < 4.78 is 2.86. The van der Waals surface area contributed by atoms with Gasteiger partial charge in [0, 0.05) is 32.0 Å². The number of aromatic hydroxyl groups is 1. The third-order valence-corrected chi connectivity index (χ3v) is 6.16. The number of hydrogen-bond acceptors (Lipinski definition) is 5. The standard InChI is InChI=1S/C20H13Br2N3O3S/c21-12-1-4-14(5-2-12)24-18(26)10-25-19(27)17(29-20(25)28)7-11-9-23-16-6-3-13(22)8-15(11)16/h1-9,27H,10H2,(H,24,26). The summed E-state index contributed by atoms with van der Waals surface area (Å²) in [5.41, 5.74) is 3.11. The molecule has 0 aliphatic carbocycles. The molecule has 9 heteroatoms. The molecule has 146 valence electrons. The second-order valence-corrected chi connectivity index (χ2v) is 9.04. The minimum Gasteiger partial charge on any atom is -0.493 e. The highest BCUT2D eigenvalue weighted by atomic mass is 79.9. The number of carbonyl (C=O) groups is 1. The van der Waals surface area contributed by atoms with Crippen molar-refractivity contribution >= 4 is 78.3 Å². The van der Waals surface area contributed by atoms with Crippen LogP contribution in [-0.4, -0.2) is 21.8 Å². The fourth-order valence-corrected chi connectivity index (χ4v) is 4.30. The predicted molar refractivity (Wildman–Crippen MR) is 123 cm³/mol. The maximum Gasteiger partial charge on any atom is 0.311 e. The summed E-state index contributed by atoms with van der Waals surface area (Å²) in [6, 6.07) is 12.8. The van der Waals surface area contributed by atoms with Crippen molar-refractivity contribution in [3.05, 3.63) is 71.5 Å². The molecule has 0 saturated heterocycles. The Balaban J connectivity index is 1.57. The molecule has 1 aliphatic rings. The molecule has 0 atom stereocenters. The van der Waals surface area contributed by atoms with Crippen LogP contribution in [0.25, 0.3) is 11.6 Å². The molecule has 2 heterocycles. The first kappa shape index (κ1) is 19.8. The third kappa shape index (κ3) is 4.26. The molecule has 29 heavy (non-hydrogen) atoms. The Bertz CT molecular complexity index is 1230. The van der Waals surface area contributed by atoms with E-state index in [1.54, 1.807) is 36.6 Å². The fourth-order valence-electron chi connectivity index (χ4n) is 2.84. The molecular weight excluding hydrogens is 522 g/mol. The van der Waals surface area contributed by atoms with Crippen LogP contribution in [0, 0.1) is 0 Å². The zero-order chi connectivity index (χ0) is 20.5. The van der Waals surface area contributed by atoms with E-state index in [2.05, 4.69) is 42.2 Å². The second kappa shape index (κ2) is 8.10. The minimum atomic E-state index is -0.412. The van der Waals surface area contributed by atoms with Crippen molar-refractivity contribution in [3.8, 4) is 5.88 Å². The number of nitrogens with zero attached hydrogens (tertiary/aromatic N) is 2. The highest BCUT2D eigenvalue weighted by Crippen LogP contribution is 2.36. The topological polar surface area (TPSA) is 83.7 Å². The van der Waals surface area contributed by atoms with Gasteiger partial charge in [-0.25, -0.2) is 0 Å². The Morgan fingerprint density at radius 1 is 1.17 bits per heavy atom. The van der Waals surface area contributed by atoms with E-state index >= 15 is 0 Å². The summed E-state index contributed by atoms with van der Waals surface area (Å²) in [5, 5.41) is 13.2. The van der Waals surface area contributed by atoms with Crippen LogP contribution in [0.5, 0.6) is 5.88 Å². The van der Waals surface area contributed by atoms with Crippen molar-refractivity contribution in [3.63, 3.8) is 0 Å². The number of benzene rings is 2. The van der Waals surface area contributed by atoms with Gasteiger partial charge < -0.3 is 10.4 Å². The van der Waals surface area contributed by atoms with E-state index in [0.717, 1.165) is 41.7 Å². The molecule has 3 aromatic rings. The Hall–Kier alpha value is -2.49. The number of nitrogens with one attached hydrogen (secondary N) is 1. The quantitative estimate of drug-likeness (QED) is 0.492. The number of fused-ring (bicyclic) bond motifs is 1. The fraction of sp³-hybridized carbons (Fsp3) is 0.0500. The Morgan fingerprint density at radius 2 is 1.90 bits per heavy atom. The monoisotopic (exact) mass is 533 g/mol. The first-order chi connectivity index (χ1) is 13.9. The number of carbonyl (C=O) groups excluding carboxylic acids is 1. The lowest BCUT2D eigenvalue weighted by molar-refractivity contribution is -0.116. The molecule has 1 aliphatic heterocycles. The molecule has 6 nitrogen and oxygen atoms in total. The van der Waals surface area contributed by atoms with Gasteiger partial charge in [0.1, 0.15) is 6.54 Å². The molecule has 0 unspecified atom stereocenters. The van der Waals surface area contributed by atoms with Gasteiger partial charge in [-0.15, -0.1) is 0 Å². The molecule has 4 rings (SSSR count). The average molecular weight is 535 g/mol. The van der Waals surface area contributed by atoms with E-state index in [1.165, 1.54) is 0 Å². The zero-order valence-electron chi connectivity index (χ0n) is 14.7. The van der Waals surface area contributed by atoms with Crippen LogP contribution in [0.1, 0.15) is 10.4 Å². The van der Waals surface area contributed by atoms with Gasteiger partial charge in [0.25, 0.3) is 0 Å². The van der Waals surface area contributed by atoms with Crippen LogP contribution in [0.4, 0.5) is 11.4 Å². The van der Waals surface area contributed by atoms with Crippen LogP contribution in [0.3, 0.4) is 0 Å².